The van der Waals surface area contributed by atoms with Crippen LogP contribution in [0.25, 0.3) is 0 Å². The fourth-order valence-corrected chi connectivity index (χ4v) is 5.54. The molecule has 2 heterocycles. The summed E-state index contributed by atoms with van der Waals surface area (Å²) in [6.07, 6.45) is 1.03. The molecule has 2 aromatic rings. The Morgan fingerprint density at radius 2 is 1.60 bits per heavy atom. The first-order valence-corrected chi connectivity index (χ1v) is 15.7. The molecule has 0 radical (unpaired) electrons. The summed E-state index contributed by atoms with van der Waals surface area (Å²) in [5.41, 5.74) is 1.07. The topological polar surface area (TPSA) is 150 Å². The van der Waals surface area contributed by atoms with Crippen molar-refractivity contribution < 1.29 is 24.0 Å². The normalized spacial score (nSPS) is 22.7. The zero-order chi connectivity index (χ0) is 31.7. The average molecular weight is 613 g/mol. The molecule has 3 rings (SSSR count). The minimum absolute atomic E-state index is 0.0333. The molecule has 1 aliphatic rings. The van der Waals surface area contributed by atoms with E-state index < -0.39 is 53.7 Å². The van der Waals surface area contributed by atoms with Crippen LogP contribution >= 0.6 is 11.3 Å². The van der Waals surface area contributed by atoms with Gasteiger partial charge in [-0.3, -0.25) is 24.0 Å². The summed E-state index contributed by atoms with van der Waals surface area (Å²) < 4.78 is 0. The Hall–Kier alpha value is -3.80. The van der Waals surface area contributed by atoms with Gasteiger partial charge in [0.05, 0.1) is 11.6 Å². The van der Waals surface area contributed by atoms with E-state index in [0.29, 0.717) is 12.8 Å². The molecule has 0 spiro atoms. The molecule has 0 unspecified atom stereocenters. The van der Waals surface area contributed by atoms with E-state index in [1.807, 2.05) is 65.0 Å². The highest BCUT2D eigenvalue weighted by Gasteiger charge is 2.32. The summed E-state index contributed by atoms with van der Waals surface area (Å²) in [5, 5.41) is 13.7. The second-order valence-electron chi connectivity index (χ2n) is 11.8. The highest BCUT2D eigenvalue weighted by atomic mass is 32.1. The van der Waals surface area contributed by atoms with Gasteiger partial charge < -0.3 is 26.2 Å². The van der Waals surface area contributed by atoms with Crippen molar-refractivity contribution >= 4 is 40.9 Å². The molecule has 0 saturated carbocycles. The molecule has 0 bridgehead atoms. The van der Waals surface area contributed by atoms with Crippen LogP contribution in [0.15, 0.2) is 35.7 Å². The molecule has 5 amide bonds. The van der Waals surface area contributed by atoms with Crippen LogP contribution in [-0.2, 0) is 25.6 Å². The maximum atomic E-state index is 13.7. The predicted molar refractivity (Wildman–Crippen MR) is 165 cm³/mol. The van der Waals surface area contributed by atoms with Gasteiger partial charge in [0.2, 0.25) is 23.6 Å². The predicted octanol–water partition coefficient (Wildman–Crippen LogP) is 2.38. The monoisotopic (exact) mass is 612 g/mol. The third kappa shape index (κ3) is 9.87. The van der Waals surface area contributed by atoms with Gasteiger partial charge >= 0.3 is 0 Å². The SMILES string of the molecule is CC[C@H]1CN(C(=O)c2csc(C(C)C)n2)CC(=O)N[C@H](C)C(=O)N[C@@H](CC(C)C)C(=O)N[C@@H](Cc2ccccc2)C(=O)N1. The van der Waals surface area contributed by atoms with Crippen LogP contribution in [0, 0.1) is 5.92 Å². The Morgan fingerprint density at radius 3 is 2.21 bits per heavy atom. The van der Waals surface area contributed by atoms with Gasteiger partial charge in [-0.2, -0.15) is 0 Å². The molecule has 12 heteroatoms. The molecule has 1 aliphatic heterocycles. The van der Waals surface area contributed by atoms with E-state index in [9.17, 15) is 24.0 Å². The lowest BCUT2D eigenvalue weighted by Crippen LogP contribution is -2.57. The summed E-state index contributed by atoms with van der Waals surface area (Å²) in [6.45, 7) is 10.9. The van der Waals surface area contributed by atoms with Crippen LogP contribution in [0.3, 0.4) is 0 Å². The number of rotatable bonds is 7. The number of hydrogen-bond donors (Lipinski definition) is 4. The molecule has 1 saturated heterocycles. The van der Waals surface area contributed by atoms with E-state index >= 15 is 0 Å². The van der Waals surface area contributed by atoms with Crippen LogP contribution in [0.5, 0.6) is 0 Å². The van der Waals surface area contributed by atoms with Crippen molar-refractivity contribution in [2.45, 2.75) is 90.9 Å². The number of thiazole rings is 1. The van der Waals surface area contributed by atoms with Crippen molar-refractivity contribution in [1.82, 2.24) is 31.2 Å². The van der Waals surface area contributed by atoms with E-state index in [-0.39, 0.29) is 37.0 Å². The highest BCUT2D eigenvalue weighted by Crippen LogP contribution is 2.20. The van der Waals surface area contributed by atoms with E-state index in [0.717, 1.165) is 10.6 Å². The van der Waals surface area contributed by atoms with Gasteiger partial charge in [-0.15, -0.1) is 11.3 Å². The van der Waals surface area contributed by atoms with Crippen molar-refractivity contribution in [2.75, 3.05) is 13.1 Å². The van der Waals surface area contributed by atoms with Crippen molar-refractivity contribution in [3.8, 4) is 0 Å². The summed E-state index contributed by atoms with van der Waals surface area (Å²) in [7, 11) is 0. The number of aromatic nitrogens is 1. The maximum absolute atomic E-state index is 13.7. The van der Waals surface area contributed by atoms with Gasteiger partial charge in [-0.1, -0.05) is 65.0 Å². The number of hydrogen-bond acceptors (Lipinski definition) is 7. The minimum atomic E-state index is -0.967. The first-order chi connectivity index (χ1) is 20.4. The van der Waals surface area contributed by atoms with E-state index in [1.54, 1.807) is 5.38 Å². The third-order valence-corrected chi connectivity index (χ3v) is 8.31. The van der Waals surface area contributed by atoms with Crippen LogP contribution in [0.1, 0.15) is 81.4 Å². The Morgan fingerprint density at radius 1 is 0.953 bits per heavy atom. The van der Waals surface area contributed by atoms with Crippen LogP contribution in [0.4, 0.5) is 0 Å². The maximum Gasteiger partial charge on any atom is 0.273 e. The fourth-order valence-electron chi connectivity index (χ4n) is 4.73. The van der Waals surface area contributed by atoms with E-state index in [2.05, 4.69) is 26.3 Å². The summed E-state index contributed by atoms with van der Waals surface area (Å²) in [5.74, 6) is -2.24. The van der Waals surface area contributed by atoms with E-state index in [4.69, 9.17) is 0 Å². The highest BCUT2D eigenvalue weighted by molar-refractivity contribution is 7.09. The van der Waals surface area contributed by atoms with Crippen LogP contribution in [0.2, 0.25) is 0 Å². The zero-order valence-corrected chi connectivity index (χ0v) is 26.6. The second-order valence-corrected chi connectivity index (χ2v) is 12.6. The van der Waals surface area contributed by atoms with Crippen molar-refractivity contribution in [1.29, 1.82) is 0 Å². The van der Waals surface area contributed by atoms with Gasteiger partial charge in [-0.05, 0) is 31.2 Å². The molecule has 4 atom stereocenters. The summed E-state index contributed by atoms with van der Waals surface area (Å²) in [6, 6.07) is 6.00. The molecule has 1 aromatic heterocycles. The van der Waals surface area contributed by atoms with Gasteiger partial charge in [0.1, 0.15) is 23.8 Å². The number of benzene rings is 1. The second kappa shape index (κ2) is 15.6. The van der Waals surface area contributed by atoms with Crippen LogP contribution in [-0.4, -0.2) is 76.7 Å². The molecule has 1 aromatic carbocycles. The Balaban J connectivity index is 1.97. The molecule has 1 fully saturated rings. The average Bonchev–Trinajstić information content (AvgIpc) is 3.46. The molecule has 234 valence electrons. The summed E-state index contributed by atoms with van der Waals surface area (Å²) >= 11 is 1.37. The summed E-state index contributed by atoms with van der Waals surface area (Å²) in [4.78, 5) is 72.8. The molecule has 11 nitrogen and oxygen atoms in total. The minimum Gasteiger partial charge on any atom is -0.350 e. The number of amides is 5. The molecule has 0 aliphatic carbocycles. The third-order valence-electron chi connectivity index (χ3n) is 7.16. The van der Waals surface area contributed by atoms with Crippen molar-refractivity contribution in [3.05, 3.63) is 52.0 Å². The van der Waals surface area contributed by atoms with Gasteiger partial charge in [0, 0.05) is 30.3 Å². The Labute approximate surface area is 257 Å². The van der Waals surface area contributed by atoms with Gasteiger partial charge in [0.25, 0.3) is 5.91 Å². The Bertz CT molecular complexity index is 1280. The van der Waals surface area contributed by atoms with Gasteiger partial charge in [0.15, 0.2) is 0 Å². The lowest BCUT2D eigenvalue weighted by molar-refractivity contribution is -0.133. The van der Waals surface area contributed by atoms with Gasteiger partial charge in [-0.25, -0.2) is 4.98 Å². The van der Waals surface area contributed by atoms with Crippen LogP contribution < -0.4 is 21.3 Å². The lowest BCUT2D eigenvalue weighted by atomic mass is 10.0. The van der Waals surface area contributed by atoms with Crippen molar-refractivity contribution in [3.63, 3.8) is 0 Å². The largest absolute Gasteiger partial charge is 0.350 e. The molecular formula is C31H44N6O5S. The number of carbonyl (C=O) groups excluding carboxylic acids is 5. The first-order valence-electron chi connectivity index (χ1n) is 14.9. The first kappa shape index (κ1) is 33.7. The fraction of sp³-hybridized carbons (Fsp3) is 0.548. The van der Waals surface area contributed by atoms with Crippen molar-refractivity contribution in [2.24, 2.45) is 5.92 Å². The lowest BCUT2D eigenvalue weighted by Gasteiger charge is -2.29. The zero-order valence-electron chi connectivity index (χ0n) is 25.8. The molecule has 43 heavy (non-hydrogen) atoms. The molecule has 4 N–H and O–H groups in total. The Kier molecular flexibility index (Phi) is 12.2. The standard InChI is InChI=1S/C31H44N6O5S/c1-7-22-15-37(31(42)25-17-43-30(36-25)19(4)5)16-26(38)32-20(6)27(39)34-23(13-18(2)3)29(41)35-24(28(40)33-22)14-21-11-9-8-10-12-21/h8-12,17-20,22-24H,7,13-16H2,1-6H3,(H,32,38)(H,33,40)(H,34,39)(H,35,41)/t20-,22+,23+,24+/m1/s1. The smallest absolute Gasteiger partial charge is 0.273 e. The molecular weight excluding hydrogens is 568 g/mol. The van der Waals surface area contributed by atoms with E-state index in [1.165, 1.54) is 23.2 Å². The number of nitrogens with zero attached hydrogens (tertiary/aromatic N) is 2. The number of carbonyl (C=O) groups is 5. The quantitative estimate of drug-likeness (QED) is 0.377. The number of nitrogens with one attached hydrogen (secondary N) is 4.